The molecule has 6 aromatic carbocycles. The fraction of sp³-hybridized carbons (Fsp3) is 0. The lowest BCUT2D eigenvalue weighted by Crippen LogP contribution is -2.57. The molecule has 0 bridgehead atoms. The van der Waals surface area contributed by atoms with Crippen LogP contribution in [0.2, 0.25) is 0 Å². The van der Waals surface area contributed by atoms with Gasteiger partial charge >= 0.3 is 6.85 Å². The van der Waals surface area contributed by atoms with Gasteiger partial charge < -0.3 is 14.1 Å². The predicted molar refractivity (Wildman–Crippen MR) is 188 cm³/mol. The molecule has 0 spiro atoms. The smallest absolute Gasteiger partial charge is 0.333 e. The first-order valence-electron chi connectivity index (χ1n) is 15.0. The van der Waals surface area contributed by atoms with Gasteiger partial charge in [0.05, 0.1) is 32.0 Å². The van der Waals surface area contributed by atoms with Crippen LogP contribution in [0.15, 0.2) is 115 Å². The van der Waals surface area contributed by atoms with E-state index in [1.807, 2.05) is 22.7 Å². The quantitative estimate of drug-likeness (QED) is 0.163. The molecule has 0 N–H and O–H groups in total. The van der Waals surface area contributed by atoms with Crippen molar-refractivity contribution in [2.45, 2.75) is 0 Å². The molecule has 3 nitrogen and oxygen atoms in total. The van der Waals surface area contributed by atoms with Crippen LogP contribution < -0.4 is 20.6 Å². The lowest BCUT2D eigenvalue weighted by Gasteiger charge is -2.43. The zero-order valence-corrected chi connectivity index (χ0v) is 24.8. The number of hydrogen-bond acceptors (Lipinski definition) is 4. The number of hydrogen-bond donors (Lipinski definition) is 0. The van der Waals surface area contributed by atoms with Gasteiger partial charge in [0.1, 0.15) is 0 Å². The van der Waals surface area contributed by atoms with Crippen LogP contribution in [0.5, 0.6) is 11.5 Å². The molecule has 3 aliphatic heterocycles. The van der Waals surface area contributed by atoms with Gasteiger partial charge in [-0.15, -0.1) is 22.7 Å². The number of rotatable bonds is 0. The van der Waals surface area contributed by atoms with E-state index in [2.05, 4.69) is 125 Å². The maximum atomic E-state index is 6.67. The van der Waals surface area contributed by atoms with E-state index in [1.165, 1.54) is 79.1 Å². The molecular weight excluding hydrogens is 575 g/mol. The molecule has 12 rings (SSSR count). The number of aromatic nitrogens is 1. The molecular formula is C38H19BN2OS2. The number of ether oxygens (including phenoxy) is 1. The van der Waals surface area contributed by atoms with Crippen molar-refractivity contribution >= 4 is 109 Å². The molecule has 3 aromatic heterocycles. The van der Waals surface area contributed by atoms with Crippen LogP contribution >= 0.6 is 22.7 Å². The Labute approximate surface area is 259 Å². The third kappa shape index (κ3) is 2.44. The Morgan fingerprint density at radius 2 is 1.27 bits per heavy atom. The Kier molecular flexibility index (Phi) is 3.85. The van der Waals surface area contributed by atoms with Crippen LogP contribution in [0.1, 0.15) is 0 Å². The molecule has 0 radical (unpaired) electrons. The molecule has 6 heterocycles. The maximum Gasteiger partial charge on any atom is 0.333 e. The zero-order valence-electron chi connectivity index (χ0n) is 23.2. The van der Waals surface area contributed by atoms with Gasteiger partial charge in [-0.1, -0.05) is 78.9 Å². The molecule has 0 fully saturated rings. The molecule has 202 valence electrons. The summed E-state index contributed by atoms with van der Waals surface area (Å²) in [5, 5.41) is 5.32. The molecule has 0 atom stereocenters. The van der Waals surface area contributed by atoms with Crippen LogP contribution in [0.25, 0.3) is 62.5 Å². The second-order valence-electron chi connectivity index (χ2n) is 12.0. The van der Waals surface area contributed by atoms with Gasteiger partial charge in [0, 0.05) is 42.0 Å². The van der Waals surface area contributed by atoms with Crippen molar-refractivity contribution in [3.05, 3.63) is 115 Å². The summed E-state index contributed by atoms with van der Waals surface area (Å²) in [7, 11) is 0. The van der Waals surface area contributed by atoms with Crippen molar-refractivity contribution in [1.29, 1.82) is 0 Å². The zero-order chi connectivity index (χ0) is 28.3. The number of benzene rings is 6. The van der Waals surface area contributed by atoms with Gasteiger partial charge in [-0.2, -0.15) is 0 Å². The van der Waals surface area contributed by atoms with E-state index in [0.29, 0.717) is 0 Å². The van der Waals surface area contributed by atoms with Crippen LogP contribution in [0.3, 0.4) is 0 Å². The van der Waals surface area contributed by atoms with Crippen LogP contribution in [0, 0.1) is 0 Å². The van der Waals surface area contributed by atoms with E-state index >= 15 is 0 Å². The highest BCUT2D eigenvalue weighted by Crippen LogP contribution is 2.56. The van der Waals surface area contributed by atoms with E-state index in [4.69, 9.17) is 4.74 Å². The van der Waals surface area contributed by atoms with Crippen molar-refractivity contribution < 1.29 is 4.74 Å². The predicted octanol–water partition coefficient (Wildman–Crippen LogP) is 9.90. The maximum absolute atomic E-state index is 6.67. The fourth-order valence-electron chi connectivity index (χ4n) is 8.31. The Balaban J connectivity index is 1.36. The van der Waals surface area contributed by atoms with E-state index in [0.717, 1.165) is 22.9 Å². The van der Waals surface area contributed by atoms with E-state index in [9.17, 15) is 0 Å². The highest BCUT2D eigenvalue weighted by atomic mass is 32.1. The molecule has 0 unspecified atom stereocenters. The average molecular weight is 595 g/mol. The number of thiophene rings is 2. The first-order chi connectivity index (χ1) is 21.8. The molecule has 3 aliphatic rings. The molecule has 9 aromatic rings. The molecule has 0 aliphatic carbocycles. The van der Waals surface area contributed by atoms with Crippen molar-refractivity contribution in [3.8, 4) is 22.6 Å². The Bertz CT molecular complexity index is 2790. The Morgan fingerprint density at radius 1 is 0.545 bits per heavy atom. The highest BCUT2D eigenvalue weighted by Gasteiger charge is 2.47. The number of nitrogens with zero attached hydrogens (tertiary/aromatic N) is 2. The molecule has 0 saturated heterocycles. The Morgan fingerprint density at radius 3 is 2.20 bits per heavy atom. The van der Waals surface area contributed by atoms with Gasteiger partial charge in [-0.3, -0.25) is 0 Å². The topological polar surface area (TPSA) is 17.4 Å². The summed E-state index contributed by atoms with van der Waals surface area (Å²) >= 11 is 3.84. The first kappa shape index (κ1) is 22.5. The van der Waals surface area contributed by atoms with E-state index < -0.39 is 0 Å². The van der Waals surface area contributed by atoms with Crippen molar-refractivity contribution in [2.24, 2.45) is 0 Å². The van der Waals surface area contributed by atoms with Gasteiger partial charge in [0.25, 0.3) is 0 Å². The first-order valence-corrected chi connectivity index (χ1v) is 16.6. The number of para-hydroxylation sites is 4. The Hall–Kier alpha value is -5.04. The normalized spacial score (nSPS) is 14.0. The number of anilines is 3. The average Bonchev–Trinajstić information content (AvgIpc) is 3.73. The monoisotopic (exact) mass is 594 g/mol. The standard InChI is InChI=1S/C38H19BN2OS2/c1-5-17-30-20(9-1)25-19-24-21-11-7-12-23-33(21)41(34-22-10-2-6-18-31(22)44-37(23)34)39-26-13-8-16-29-35(26)40(36(32(24)39)38(25)43-30)27-14-3-4-15-28(27)42-29/h1-19H. The third-order valence-corrected chi connectivity index (χ3v) is 12.3. The molecule has 0 saturated carbocycles. The van der Waals surface area contributed by atoms with Crippen molar-refractivity contribution in [2.75, 3.05) is 4.90 Å². The largest absolute Gasteiger partial charge is 0.453 e. The van der Waals surface area contributed by atoms with Crippen LogP contribution in [0.4, 0.5) is 17.1 Å². The van der Waals surface area contributed by atoms with Gasteiger partial charge in [-0.05, 0) is 52.9 Å². The SMILES string of the molecule is c1ccc2c(c1)Oc1cccc3c1N2c1c2c(cc4c1sc1ccccc14)-c1cccc4c5sc6ccccc6c5n(c14)B32. The second-order valence-corrected chi connectivity index (χ2v) is 14.1. The minimum Gasteiger partial charge on any atom is -0.453 e. The summed E-state index contributed by atoms with van der Waals surface area (Å²) < 4.78 is 14.7. The second kappa shape index (κ2) is 7.54. The summed E-state index contributed by atoms with van der Waals surface area (Å²) in [5.41, 5.74) is 11.6. The molecule has 6 heteroatoms. The third-order valence-electron chi connectivity index (χ3n) is 9.93. The van der Waals surface area contributed by atoms with Crippen molar-refractivity contribution in [3.63, 3.8) is 0 Å². The number of fused-ring (bicyclic) bond motifs is 15. The molecule has 0 amide bonds. The summed E-state index contributed by atoms with van der Waals surface area (Å²) in [4.78, 5) is 2.52. The van der Waals surface area contributed by atoms with Gasteiger partial charge in [0.15, 0.2) is 11.5 Å². The highest BCUT2D eigenvalue weighted by molar-refractivity contribution is 7.27. The summed E-state index contributed by atoms with van der Waals surface area (Å²) in [5.74, 6) is 1.81. The van der Waals surface area contributed by atoms with E-state index in [-0.39, 0.29) is 6.85 Å². The van der Waals surface area contributed by atoms with Gasteiger partial charge in [0.2, 0.25) is 0 Å². The minimum atomic E-state index is 0.0163. The summed E-state index contributed by atoms with van der Waals surface area (Å²) in [6, 6.07) is 42.4. The lowest BCUT2D eigenvalue weighted by atomic mass is 9.45. The minimum absolute atomic E-state index is 0.0163. The van der Waals surface area contributed by atoms with Crippen molar-refractivity contribution in [1.82, 2.24) is 4.48 Å². The van der Waals surface area contributed by atoms with Crippen LogP contribution in [-0.2, 0) is 0 Å². The molecule has 44 heavy (non-hydrogen) atoms. The van der Waals surface area contributed by atoms with Gasteiger partial charge in [-0.25, -0.2) is 0 Å². The fourth-order valence-corrected chi connectivity index (χ4v) is 10.8. The van der Waals surface area contributed by atoms with E-state index in [1.54, 1.807) is 0 Å². The van der Waals surface area contributed by atoms with Crippen LogP contribution in [-0.4, -0.2) is 11.3 Å². The summed E-state index contributed by atoms with van der Waals surface area (Å²) in [6.45, 7) is 0.0163. The summed E-state index contributed by atoms with van der Waals surface area (Å²) in [6.07, 6.45) is 0. The lowest BCUT2D eigenvalue weighted by molar-refractivity contribution is 0.477.